The van der Waals surface area contributed by atoms with Gasteiger partial charge in [-0.15, -0.1) is 11.3 Å². The smallest absolute Gasteiger partial charge is 0.282 e. The molecule has 0 radical (unpaired) electrons. The standard InChI is InChI=1S/C22H20N4O2S2/c1-13-8-9-16(10-14(13)2)24-18(27)12-30-22-25-20-19(21(28)26(22)23)17(11-29-20)15-6-4-3-5-7-15/h3-11H,12,23H2,1-2H3,(H,24,27). The number of benzene rings is 2. The molecule has 0 atom stereocenters. The molecule has 2 aromatic heterocycles. The summed E-state index contributed by atoms with van der Waals surface area (Å²) in [5.74, 6) is 5.93. The van der Waals surface area contributed by atoms with E-state index in [0.29, 0.717) is 15.4 Å². The second-order valence-electron chi connectivity index (χ2n) is 6.90. The average molecular weight is 437 g/mol. The number of thiophene rings is 1. The minimum absolute atomic E-state index is 0.0962. The third-order valence-electron chi connectivity index (χ3n) is 4.82. The van der Waals surface area contributed by atoms with Crippen LogP contribution in [0.5, 0.6) is 0 Å². The zero-order valence-electron chi connectivity index (χ0n) is 16.5. The molecule has 4 rings (SSSR count). The van der Waals surface area contributed by atoms with Crippen molar-refractivity contribution in [3.8, 4) is 11.1 Å². The van der Waals surface area contributed by atoms with Crippen LogP contribution >= 0.6 is 23.1 Å². The molecule has 0 bridgehead atoms. The van der Waals surface area contributed by atoms with Crippen LogP contribution in [0.1, 0.15) is 11.1 Å². The Balaban J connectivity index is 1.55. The first-order chi connectivity index (χ1) is 14.4. The molecular formula is C22H20N4O2S2. The number of thioether (sulfide) groups is 1. The molecule has 2 aromatic carbocycles. The maximum Gasteiger partial charge on any atom is 0.282 e. The molecule has 0 spiro atoms. The maximum atomic E-state index is 12.9. The number of nitrogens with zero attached hydrogens (tertiary/aromatic N) is 2. The third kappa shape index (κ3) is 3.96. The predicted octanol–water partition coefficient (Wildman–Crippen LogP) is 4.19. The van der Waals surface area contributed by atoms with Gasteiger partial charge in [-0.25, -0.2) is 9.66 Å². The van der Waals surface area contributed by atoms with Crippen molar-refractivity contribution in [2.24, 2.45) is 0 Å². The molecule has 0 fully saturated rings. The number of amides is 1. The zero-order chi connectivity index (χ0) is 21.3. The highest BCUT2D eigenvalue weighted by Gasteiger charge is 2.17. The van der Waals surface area contributed by atoms with Gasteiger partial charge in [0.25, 0.3) is 5.56 Å². The highest BCUT2D eigenvalue weighted by Crippen LogP contribution is 2.31. The Kier molecular flexibility index (Phi) is 5.61. The molecule has 0 aliphatic carbocycles. The normalized spacial score (nSPS) is 11.0. The summed E-state index contributed by atoms with van der Waals surface area (Å²) in [7, 11) is 0. The number of nitrogens with one attached hydrogen (secondary N) is 1. The minimum Gasteiger partial charge on any atom is -0.334 e. The van der Waals surface area contributed by atoms with E-state index >= 15 is 0 Å². The van der Waals surface area contributed by atoms with Crippen LogP contribution in [0.3, 0.4) is 0 Å². The molecule has 4 aromatic rings. The van der Waals surface area contributed by atoms with Crippen molar-refractivity contribution < 1.29 is 4.79 Å². The van der Waals surface area contributed by atoms with E-state index in [1.54, 1.807) is 0 Å². The Morgan fingerprint density at radius 1 is 1.17 bits per heavy atom. The van der Waals surface area contributed by atoms with Gasteiger partial charge in [-0.2, -0.15) is 0 Å². The molecule has 3 N–H and O–H groups in total. The number of rotatable bonds is 5. The SMILES string of the molecule is Cc1ccc(NC(=O)CSc2nc3scc(-c4ccccc4)c3c(=O)n2N)cc1C. The number of nitrogens with two attached hydrogens (primary N) is 1. The highest BCUT2D eigenvalue weighted by molar-refractivity contribution is 7.99. The van der Waals surface area contributed by atoms with Crippen LogP contribution in [-0.4, -0.2) is 21.3 Å². The van der Waals surface area contributed by atoms with E-state index in [4.69, 9.17) is 5.84 Å². The van der Waals surface area contributed by atoms with Gasteiger partial charge in [0, 0.05) is 16.6 Å². The van der Waals surface area contributed by atoms with Crippen molar-refractivity contribution in [3.05, 3.63) is 75.4 Å². The van der Waals surface area contributed by atoms with Crippen molar-refractivity contribution in [2.75, 3.05) is 16.9 Å². The van der Waals surface area contributed by atoms with Gasteiger partial charge in [0.05, 0.1) is 11.1 Å². The number of carbonyl (C=O) groups is 1. The van der Waals surface area contributed by atoms with Crippen molar-refractivity contribution in [1.29, 1.82) is 0 Å². The Morgan fingerprint density at radius 3 is 2.67 bits per heavy atom. The Labute approximate surface area is 181 Å². The quantitative estimate of drug-likeness (QED) is 0.278. The van der Waals surface area contributed by atoms with Gasteiger partial charge in [-0.1, -0.05) is 48.2 Å². The molecule has 152 valence electrons. The van der Waals surface area contributed by atoms with E-state index in [9.17, 15) is 9.59 Å². The first kappa shape index (κ1) is 20.2. The lowest BCUT2D eigenvalue weighted by atomic mass is 10.1. The molecule has 8 heteroatoms. The average Bonchev–Trinajstić information content (AvgIpc) is 3.17. The fourth-order valence-corrected chi connectivity index (χ4v) is 4.77. The summed E-state index contributed by atoms with van der Waals surface area (Å²) in [6.07, 6.45) is 0. The van der Waals surface area contributed by atoms with E-state index < -0.39 is 0 Å². The fraction of sp³-hybridized carbons (Fsp3) is 0.136. The van der Waals surface area contributed by atoms with Crippen molar-refractivity contribution in [3.63, 3.8) is 0 Å². The summed E-state index contributed by atoms with van der Waals surface area (Å²) in [6, 6.07) is 15.4. The molecule has 6 nitrogen and oxygen atoms in total. The summed E-state index contributed by atoms with van der Waals surface area (Å²) in [6.45, 7) is 4.02. The number of anilines is 1. The van der Waals surface area contributed by atoms with E-state index in [2.05, 4.69) is 10.3 Å². The predicted molar refractivity (Wildman–Crippen MR) is 125 cm³/mol. The molecule has 0 saturated carbocycles. The summed E-state index contributed by atoms with van der Waals surface area (Å²) < 4.78 is 1.02. The lowest BCUT2D eigenvalue weighted by Crippen LogP contribution is -2.30. The van der Waals surface area contributed by atoms with Gasteiger partial charge < -0.3 is 11.2 Å². The van der Waals surface area contributed by atoms with Gasteiger partial charge >= 0.3 is 0 Å². The second-order valence-corrected chi connectivity index (χ2v) is 8.70. The minimum atomic E-state index is -0.322. The van der Waals surface area contributed by atoms with Crippen molar-refractivity contribution in [1.82, 2.24) is 9.66 Å². The second kappa shape index (κ2) is 8.33. The van der Waals surface area contributed by atoms with Gasteiger partial charge in [0.15, 0.2) is 5.16 Å². The monoisotopic (exact) mass is 436 g/mol. The molecule has 0 saturated heterocycles. The lowest BCUT2D eigenvalue weighted by Gasteiger charge is -2.09. The molecule has 1 amide bonds. The van der Waals surface area contributed by atoms with Crippen LogP contribution < -0.4 is 16.7 Å². The van der Waals surface area contributed by atoms with E-state index in [1.165, 1.54) is 11.3 Å². The van der Waals surface area contributed by atoms with E-state index in [1.807, 2.05) is 67.8 Å². The van der Waals surface area contributed by atoms with E-state index in [0.717, 1.165) is 44.4 Å². The summed E-state index contributed by atoms with van der Waals surface area (Å²) >= 11 is 2.53. The molecular weight excluding hydrogens is 416 g/mol. The van der Waals surface area contributed by atoms with E-state index in [-0.39, 0.29) is 17.2 Å². The highest BCUT2D eigenvalue weighted by atomic mass is 32.2. The van der Waals surface area contributed by atoms with Gasteiger partial charge in [-0.05, 0) is 42.7 Å². The number of hydrogen-bond donors (Lipinski definition) is 2. The van der Waals surface area contributed by atoms with Crippen LogP contribution in [0.25, 0.3) is 21.3 Å². The number of aromatic nitrogens is 2. The number of fused-ring (bicyclic) bond motifs is 1. The van der Waals surface area contributed by atoms with Crippen LogP contribution in [0.2, 0.25) is 0 Å². The molecule has 0 unspecified atom stereocenters. The van der Waals surface area contributed by atoms with Crippen LogP contribution in [-0.2, 0) is 4.79 Å². The lowest BCUT2D eigenvalue weighted by molar-refractivity contribution is -0.113. The van der Waals surface area contributed by atoms with Crippen LogP contribution in [0, 0.1) is 13.8 Å². The third-order valence-corrected chi connectivity index (χ3v) is 6.64. The molecule has 0 aliphatic rings. The Morgan fingerprint density at radius 2 is 1.93 bits per heavy atom. The Hall–Kier alpha value is -3.10. The topological polar surface area (TPSA) is 90.0 Å². The molecule has 30 heavy (non-hydrogen) atoms. The van der Waals surface area contributed by atoms with Crippen LogP contribution in [0.4, 0.5) is 5.69 Å². The number of hydrogen-bond acceptors (Lipinski definition) is 6. The first-order valence-electron chi connectivity index (χ1n) is 9.28. The summed E-state index contributed by atoms with van der Waals surface area (Å²) in [4.78, 5) is 30.4. The van der Waals surface area contributed by atoms with Gasteiger partial charge in [0.2, 0.25) is 5.91 Å². The van der Waals surface area contributed by atoms with Gasteiger partial charge in [0.1, 0.15) is 4.83 Å². The number of carbonyl (C=O) groups excluding carboxylic acids is 1. The maximum absolute atomic E-state index is 12.9. The fourth-order valence-electron chi connectivity index (χ4n) is 3.06. The molecule has 2 heterocycles. The Bertz CT molecular complexity index is 1300. The zero-order valence-corrected chi connectivity index (χ0v) is 18.1. The number of nitrogen functional groups attached to an aromatic ring is 1. The summed E-state index contributed by atoms with van der Waals surface area (Å²) in [5, 5.41) is 5.58. The van der Waals surface area contributed by atoms with Crippen molar-refractivity contribution in [2.45, 2.75) is 19.0 Å². The van der Waals surface area contributed by atoms with Crippen LogP contribution in [0.15, 0.2) is 63.9 Å². The van der Waals surface area contributed by atoms with Crippen molar-refractivity contribution >= 4 is 44.9 Å². The summed E-state index contributed by atoms with van der Waals surface area (Å²) in [5.41, 5.74) is 4.44. The largest absolute Gasteiger partial charge is 0.334 e. The molecule has 0 aliphatic heterocycles. The first-order valence-corrected chi connectivity index (χ1v) is 11.1. The number of aryl methyl sites for hydroxylation is 2. The van der Waals surface area contributed by atoms with Gasteiger partial charge in [-0.3, -0.25) is 9.59 Å².